The minimum atomic E-state index is -0.323. The van der Waals surface area contributed by atoms with Crippen LogP contribution in [0.5, 0.6) is 0 Å². The molecule has 6 heteroatoms. The molecule has 22 heavy (non-hydrogen) atoms. The van der Waals surface area contributed by atoms with E-state index in [1.165, 1.54) is 16.8 Å². The Hall–Kier alpha value is -1.53. The van der Waals surface area contributed by atoms with Gasteiger partial charge < -0.3 is 5.32 Å². The van der Waals surface area contributed by atoms with Crippen molar-refractivity contribution >= 4 is 17.2 Å². The highest BCUT2D eigenvalue weighted by molar-refractivity contribution is 7.10. The standard InChI is InChI=1S/C16H21FN4S/c1-3-13-15(17)16(20-10-19-13)18-8-11(2)21-6-4-14-12(9-21)5-7-22-14/h5,7,10-11H,3-4,6,8-9H2,1-2H3,(H,18,19,20). The van der Waals surface area contributed by atoms with E-state index in [4.69, 9.17) is 0 Å². The highest BCUT2D eigenvalue weighted by Gasteiger charge is 2.21. The van der Waals surface area contributed by atoms with E-state index in [9.17, 15) is 4.39 Å². The van der Waals surface area contributed by atoms with E-state index in [0.717, 1.165) is 19.5 Å². The number of nitrogens with one attached hydrogen (secondary N) is 1. The lowest BCUT2D eigenvalue weighted by Gasteiger charge is -2.32. The Kier molecular flexibility index (Phi) is 4.69. The second kappa shape index (κ2) is 6.71. The molecule has 1 aliphatic heterocycles. The molecule has 0 saturated heterocycles. The SMILES string of the molecule is CCc1ncnc(NCC(C)N2CCc3sccc3C2)c1F. The molecule has 3 rings (SSSR count). The molecule has 0 spiro atoms. The van der Waals surface area contributed by atoms with Crippen molar-refractivity contribution in [3.63, 3.8) is 0 Å². The summed E-state index contributed by atoms with van der Waals surface area (Å²) >= 11 is 1.85. The fourth-order valence-corrected chi connectivity index (χ4v) is 3.69. The molecule has 0 fully saturated rings. The molecule has 1 N–H and O–H groups in total. The van der Waals surface area contributed by atoms with Crippen molar-refractivity contribution in [2.24, 2.45) is 0 Å². The van der Waals surface area contributed by atoms with Crippen LogP contribution in [0.25, 0.3) is 0 Å². The van der Waals surface area contributed by atoms with E-state index in [-0.39, 0.29) is 5.82 Å². The van der Waals surface area contributed by atoms with Crippen molar-refractivity contribution in [2.75, 3.05) is 18.4 Å². The van der Waals surface area contributed by atoms with Crippen LogP contribution >= 0.6 is 11.3 Å². The number of hydrogen-bond acceptors (Lipinski definition) is 5. The molecular weight excluding hydrogens is 299 g/mol. The first kappa shape index (κ1) is 15.4. The zero-order valence-corrected chi connectivity index (χ0v) is 13.8. The number of rotatable bonds is 5. The Labute approximate surface area is 134 Å². The monoisotopic (exact) mass is 320 g/mol. The van der Waals surface area contributed by atoms with Crippen LogP contribution in [-0.4, -0.2) is 34.0 Å². The number of anilines is 1. The highest BCUT2D eigenvalue weighted by atomic mass is 32.1. The first-order valence-corrected chi connectivity index (χ1v) is 8.59. The summed E-state index contributed by atoms with van der Waals surface area (Å²) < 4.78 is 14.1. The van der Waals surface area contributed by atoms with E-state index >= 15 is 0 Å². The normalized spacial score (nSPS) is 16.3. The van der Waals surface area contributed by atoms with Crippen molar-refractivity contribution in [1.29, 1.82) is 0 Å². The van der Waals surface area contributed by atoms with Gasteiger partial charge in [0.05, 0.1) is 5.69 Å². The summed E-state index contributed by atoms with van der Waals surface area (Å²) in [6, 6.07) is 2.54. The number of fused-ring (bicyclic) bond motifs is 1. The van der Waals surface area contributed by atoms with E-state index in [0.29, 0.717) is 30.5 Å². The molecule has 0 aliphatic carbocycles. The number of thiophene rings is 1. The van der Waals surface area contributed by atoms with Gasteiger partial charge in [-0.05, 0) is 36.8 Å². The van der Waals surface area contributed by atoms with E-state index < -0.39 is 0 Å². The first-order valence-electron chi connectivity index (χ1n) is 7.71. The molecule has 0 saturated carbocycles. The lowest BCUT2D eigenvalue weighted by Crippen LogP contribution is -2.41. The van der Waals surface area contributed by atoms with E-state index in [2.05, 4.69) is 38.6 Å². The van der Waals surface area contributed by atoms with E-state index in [1.807, 2.05) is 18.3 Å². The predicted molar refractivity (Wildman–Crippen MR) is 87.8 cm³/mol. The molecule has 2 aromatic heterocycles. The zero-order chi connectivity index (χ0) is 15.5. The molecule has 0 aromatic carbocycles. The van der Waals surface area contributed by atoms with Gasteiger partial charge in [-0.15, -0.1) is 11.3 Å². The molecule has 4 nitrogen and oxygen atoms in total. The molecule has 2 aromatic rings. The summed E-state index contributed by atoms with van der Waals surface area (Å²) in [6.07, 6.45) is 3.11. The summed E-state index contributed by atoms with van der Waals surface area (Å²) in [7, 11) is 0. The lowest BCUT2D eigenvalue weighted by atomic mass is 10.1. The number of nitrogens with zero attached hydrogens (tertiary/aromatic N) is 3. The summed E-state index contributed by atoms with van der Waals surface area (Å²) in [4.78, 5) is 11.9. The highest BCUT2D eigenvalue weighted by Crippen LogP contribution is 2.25. The molecule has 1 aliphatic rings. The molecule has 0 amide bonds. The third-order valence-electron chi connectivity index (χ3n) is 4.22. The Morgan fingerprint density at radius 1 is 1.45 bits per heavy atom. The van der Waals surface area contributed by atoms with Crippen LogP contribution in [-0.2, 0) is 19.4 Å². The van der Waals surface area contributed by atoms with Gasteiger partial charge in [0.15, 0.2) is 11.6 Å². The molecule has 118 valence electrons. The van der Waals surface area contributed by atoms with Crippen molar-refractivity contribution in [1.82, 2.24) is 14.9 Å². The van der Waals surface area contributed by atoms with Crippen molar-refractivity contribution < 1.29 is 4.39 Å². The molecular formula is C16H21FN4S. The Morgan fingerprint density at radius 2 is 2.32 bits per heavy atom. The summed E-state index contributed by atoms with van der Waals surface area (Å²) in [5, 5.41) is 5.30. The Morgan fingerprint density at radius 3 is 3.14 bits per heavy atom. The Bertz CT molecular complexity index is 643. The van der Waals surface area contributed by atoms with E-state index in [1.54, 1.807) is 0 Å². The van der Waals surface area contributed by atoms with Crippen molar-refractivity contribution in [3.8, 4) is 0 Å². The van der Waals surface area contributed by atoms with Gasteiger partial charge in [-0.1, -0.05) is 6.92 Å². The minimum Gasteiger partial charge on any atom is -0.366 e. The zero-order valence-electron chi connectivity index (χ0n) is 13.0. The fourth-order valence-electron chi connectivity index (χ4n) is 2.80. The van der Waals surface area contributed by atoms with Gasteiger partial charge in [0.2, 0.25) is 0 Å². The predicted octanol–water partition coefficient (Wildman–Crippen LogP) is 3.10. The van der Waals surface area contributed by atoms with Crippen LogP contribution < -0.4 is 5.32 Å². The Balaban J connectivity index is 1.60. The molecule has 0 radical (unpaired) electrons. The maximum atomic E-state index is 14.1. The summed E-state index contributed by atoms with van der Waals surface area (Å²) in [5.74, 6) is -0.0112. The maximum absolute atomic E-state index is 14.1. The topological polar surface area (TPSA) is 41.1 Å². The average molecular weight is 320 g/mol. The fraction of sp³-hybridized carbons (Fsp3) is 0.500. The van der Waals surface area contributed by atoms with Gasteiger partial charge >= 0.3 is 0 Å². The molecule has 0 bridgehead atoms. The first-order chi connectivity index (χ1) is 10.7. The lowest BCUT2D eigenvalue weighted by molar-refractivity contribution is 0.200. The quantitative estimate of drug-likeness (QED) is 0.919. The summed E-state index contributed by atoms with van der Waals surface area (Å²) in [5.41, 5.74) is 1.90. The second-order valence-electron chi connectivity index (χ2n) is 5.66. The van der Waals surface area contributed by atoms with Gasteiger partial charge in [0, 0.05) is 30.6 Å². The number of aromatic nitrogens is 2. The number of hydrogen-bond donors (Lipinski definition) is 1. The van der Waals surface area contributed by atoms with Crippen LogP contribution in [0, 0.1) is 5.82 Å². The number of aryl methyl sites for hydroxylation is 1. The minimum absolute atomic E-state index is 0.312. The van der Waals surface area contributed by atoms with Gasteiger partial charge in [-0.2, -0.15) is 0 Å². The van der Waals surface area contributed by atoms with Gasteiger partial charge in [0.25, 0.3) is 0 Å². The van der Waals surface area contributed by atoms with Crippen LogP contribution in [0.2, 0.25) is 0 Å². The van der Waals surface area contributed by atoms with Crippen molar-refractivity contribution in [3.05, 3.63) is 39.7 Å². The van der Waals surface area contributed by atoms with Crippen LogP contribution in [0.1, 0.15) is 30.0 Å². The van der Waals surface area contributed by atoms with Crippen LogP contribution in [0.3, 0.4) is 0 Å². The van der Waals surface area contributed by atoms with Crippen molar-refractivity contribution in [2.45, 2.75) is 39.3 Å². The van der Waals surface area contributed by atoms with Gasteiger partial charge in [-0.3, -0.25) is 4.90 Å². The largest absolute Gasteiger partial charge is 0.366 e. The van der Waals surface area contributed by atoms with Gasteiger partial charge in [0.1, 0.15) is 6.33 Å². The van der Waals surface area contributed by atoms with Crippen LogP contribution in [0.4, 0.5) is 10.2 Å². The second-order valence-corrected chi connectivity index (χ2v) is 6.66. The molecule has 1 atom stereocenters. The van der Waals surface area contributed by atoms with Crippen LogP contribution in [0.15, 0.2) is 17.8 Å². The number of halogens is 1. The molecule has 1 unspecified atom stereocenters. The third kappa shape index (κ3) is 3.13. The maximum Gasteiger partial charge on any atom is 0.186 e. The smallest absolute Gasteiger partial charge is 0.186 e. The average Bonchev–Trinajstić information content (AvgIpc) is 3.01. The third-order valence-corrected chi connectivity index (χ3v) is 5.25. The molecule has 3 heterocycles. The summed E-state index contributed by atoms with van der Waals surface area (Å²) in [6.45, 7) is 6.78. The van der Waals surface area contributed by atoms with Gasteiger partial charge in [-0.25, -0.2) is 14.4 Å².